The Kier molecular flexibility index (Phi) is 3.97. The monoisotopic (exact) mass is 337 g/mol. The highest BCUT2D eigenvalue weighted by atomic mass is 16.1. The number of hydrogen-bond acceptors (Lipinski definition) is 2. The maximum Gasteiger partial charge on any atom is 0.255 e. The molecular formula is C22H15N3O. The molecular weight excluding hydrogens is 322 g/mol. The molecule has 0 bridgehead atoms. The number of terminal acetylenes is 1. The number of aromatic nitrogens is 2. The van der Waals surface area contributed by atoms with E-state index in [0.717, 1.165) is 22.3 Å². The van der Waals surface area contributed by atoms with Gasteiger partial charge in [-0.3, -0.25) is 9.36 Å². The van der Waals surface area contributed by atoms with Crippen LogP contribution in [-0.2, 0) is 0 Å². The number of carbonyl (C=O) groups excluding carboxylic acids is 1. The minimum Gasteiger partial charge on any atom is -0.322 e. The van der Waals surface area contributed by atoms with Crippen molar-refractivity contribution in [3.05, 3.63) is 90.3 Å². The second kappa shape index (κ2) is 6.58. The standard InChI is InChI=1S/C22H15N3O/c1-2-16-6-5-7-18(14-16)24-22(26)17-10-12-19(13-11-17)25-15-23-20-8-3-4-9-21(20)25/h1,3-15H,(H,24,26). The SMILES string of the molecule is C#Cc1cccc(NC(=O)c2ccc(-n3cnc4ccccc43)cc2)c1. The first-order chi connectivity index (χ1) is 12.7. The van der Waals surface area contributed by atoms with Crippen LogP contribution in [-0.4, -0.2) is 15.5 Å². The molecule has 1 heterocycles. The maximum absolute atomic E-state index is 12.4. The third-order valence-electron chi connectivity index (χ3n) is 4.15. The molecule has 1 N–H and O–H groups in total. The summed E-state index contributed by atoms with van der Waals surface area (Å²) >= 11 is 0. The number of fused-ring (bicyclic) bond motifs is 1. The smallest absolute Gasteiger partial charge is 0.255 e. The summed E-state index contributed by atoms with van der Waals surface area (Å²) in [5.41, 5.74) is 4.88. The molecule has 0 unspecified atom stereocenters. The van der Waals surface area contributed by atoms with Crippen LogP contribution in [0, 0.1) is 12.3 Å². The Morgan fingerprint density at radius 2 is 1.81 bits per heavy atom. The molecule has 0 spiro atoms. The van der Waals surface area contributed by atoms with Crippen molar-refractivity contribution in [1.29, 1.82) is 0 Å². The normalized spacial score (nSPS) is 10.4. The average molecular weight is 337 g/mol. The molecule has 3 aromatic carbocycles. The van der Waals surface area contributed by atoms with Crippen LogP contribution in [0.15, 0.2) is 79.1 Å². The van der Waals surface area contributed by atoms with Gasteiger partial charge in [0.2, 0.25) is 0 Å². The molecule has 0 fully saturated rings. The summed E-state index contributed by atoms with van der Waals surface area (Å²) in [7, 11) is 0. The second-order valence-electron chi connectivity index (χ2n) is 5.83. The first kappa shape index (κ1) is 15.7. The van der Waals surface area contributed by atoms with Gasteiger partial charge < -0.3 is 5.32 Å². The fraction of sp³-hybridized carbons (Fsp3) is 0. The lowest BCUT2D eigenvalue weighted by Crippen LogP contribution is -2.12. The number of hydrogen-bond donors (Lipinski definition) is 1. The summed E-state index contributed by atoms with van der Waals surface area (Å²) in [6, 6.07) is 22.5. The topological polar surface area (TPSA) is 46.9 Å². The van der Waals surface area contributed by atoms with Crippen molar-refractivity contribution < 1.29 is 4.79 Å². The molecule has 0 aliphatic carbocycles. The molecule has 4 nitrogen and oxygen atoms in total. The Morgan fingerprint density at radius 1 is 1.00 bits per heavy atom. The van der Waals surface area contributed by atoms with E-state index >= 15 is 0 Å². The lowest BCUT2D eigenvalue weighted by atomic mass is 10.1. The third kappa shape index (κ3) is 2.94. The van der Waals surface area contributed by atoms with Crippen LogP contribution >= 0.6 is 0 Å². The fourth-order valence-corrected chi connectivity index (χ4v) is 2.83. The number of nitrogens with zero attached hydrogens (tertiary/aromatic N) is 2. The quantitative estimate of drug-likeness (QED) is 0.568. The lowest BCUT2D eigenvalue weighted by Gasteiger charge is -2.08. The number of amides is 1. The van der Waals surface area contributed by atoms with Crippen LogP contribution in [0.5, 0.6) is 0 Å². The zero-order chi connectivity index (χ0) is 17.9. The molecule has 0 saturated carbocycles. The van der Waals surface area contributed by atoms with Crippen LogP contribution < -0.4 is 5.32 Å². The second-order valence-corrected chi connectivity index (χ2v) is 5.83. The Bertz CT molecular complexity index is 1130. The van der Waals surface area contributed by atoms with E-state index in [-0.39, 0.29) is 5.91 Å². The summed E-state index contributed by atoms with van der Waals surface area (Å²) in [5.74, 6) is 2.38. The van der Waals surface area contributed by atoms with Crippen LogP contribution in [0.25, 0.3) is 16.7 Å². The van der Waals surface area contributed by atoms with Gasteiger partial charge in [-0.1, -0.05) is 24.1 Å². The molecule has 1 aromatic heterocycles. The number of nitrogens with one attached hydrogen (secondary N) is 1. The molecule has 1 amide bonds. The molecule has 0 aliphatic rings. The van der Waals surface area contributed by atoms with Gasteiger partial charge in [0.25, 0.3) is 5.91 Å². The largest absolute Gasteiger partial charge is 0.322 e. The summed E-state index contributed by atoms with van der Waals surface area (Å²) in [6.45, 7) is 0. The lowest BCUT2D eigenvalue weighted by molar-refractivity contribution is 0.102. The Labute approximate surface area is 151 Å². The molecule has 4 aromatic rings. The van der Waals surface area contributed by atoms with Gasteiger partial charge in [-0.15, -0.1) is 6.42 Å². The highest BCUT2D eigenvalue weighted by molar-refractivity contribution is 6.04. The van der Waals surface area contributed by atoms with Crippen molar-refractivity contribution in [2.75, 3.05) is 5.32 Å². The average Bonchev–Trinajstić information content (AvgIpc) is 3.12. The summed E-state index contributed by atoms with van der Waals surface area (Å²) in [6.07, 6.45) is 7.18. The molecule has 4 rings (SSSR count). The van der Waals surface area contributed by atoms with Crippen LogP contribution in [0.2, 0.25) is 0 Å². The van der Waals surface area contributed by atoms with E-state index in [1.807, 2.05) is 59.2 Å². The third-order valence-corrected chi connectivity index (χ3v) is 4.15. The van der Waals surface area contributed by atoms with Crippen molar-refractivity contribution in [3.63, 3.8) is 0 Å². The number of anilines is 1. The maximum atomic E-state index is 12.4. The van der Waals surface area contributed by atoms with Gasteiger partial charge >= 0.3 is 0 Å². The van der Waals surface area contributed by atoms with E-state index in [1.54, 1.807) is 24.5 Å². The fourth-order valence-electron chi connectivity index (χ4n) is 2.83. The van der Waals surface area contributed by atoms with Gasteiger partial charge in [0.05, 0.1) is 11.0 Å². The molecule has 26 heavy (non-hydrogen) atoms. The summed E-state index contributed by atoms with van der Waals surface area (Å²) < 4.78 is 1.99. The molecule has 0 saturated heterocycles. The zero-order valence-corrected chi connectivity index (χ0v) is 13.9. The first-order valence-electron chi connectivity index (χ1n) is 8.15. The number of rotatable bonds is 3. The highest BCUT2D eigenvalue weighted by Crippen LogP contribution is 2.19. The number of imidazole rings is 1. The minimum atomic E-state index is -0.179. The van der Waals surface area contributed by atoms with Gasteiger partial charge in [-0.05, 0) is 54.6 Å². The van der Waals surface area contributed by atoms with E-state index < -0.39 is 0 Å². The molecule has 0 aliphatic heterocycles. The van der Waals surface area contributed by atoms with Crippen LogP contribution in [0.3, 0.4) is 0 Å². The highest BCUT2D eigenvalue weighted by Gasteiger charge is 2.08. The number of carbonyl (C=O) groups is 1. The van der Waals surface area contributed by atoms with Crippen molar-refractivity contribution in [2.45, 2.75) is 0 Å². The van der Waals surface area contributed by atoms with Gasteiger partial charge in [0.1, 0.15) is 6.33 Å². The van der Waals surface area contributed by atoms with Crippen molar-refractivity contribution in [3.8, 4) is 18.0 Å². The van der Waals surface area contributed by atoms with Gasteiger partial charge in [-0.25, -0.2) is 4.98 Å². The van der Waals surface area contributed by atoms with E-state index in [9.17, 15) is 4.79 Å². The predicted molar refractivity (Wildman–Crippen MR) is 103 cm³/mol. The Balaban J connectivity index is 1.57. The summed E-state index contributed by atoms with van der Waals surface area (Å²) in [5, 5.41) is 2.86. The molecule has 4 heteroatoms. The van der Waals surface area contributed by atoms with E-state index in [0.29, 0.717) is 11.3 Å². The van der Waals surface area contributed by atoms with Crippen LogP contribution in [0.4, 0.5) is 5.69 Å². The number of benzene rings is 3. The Hall–Kier alpha value is -3.84. The van der Waals surface area contributed by atoms with E-state index in [4.69, 9.17) is 6.42 Å². The van der Waals surface area contributed by atoms with E-state index in [2.05, 4.69) is 16.2 Å². The predicted octanol–water partition coefficient (Wildman–Crippen LogP) is 4.26. The van der Waals surface area contributed by atoms with Gasteiger partial charge in [0, 0.05) is 22.5 Å². The van der Waals surface area contributed by atoms with Gasteiger partial charge in [0.15, 0.2) is 0 Å². The summed E-state index contributed by atoms with van der Waals surface area (Å²) in [4.78, 5) is 16.8. The van der Waals surface area contributed by atoms with E-state index in [1.165, 1.54) is 0 Å². The van der Waals surface area contributed by atoms with Gasteiger partial charge in [-0.2, -0.15) is 0 Å². The van der Waals surface area contributed by atoms with Crippen LogP contribution in [0.1, 0.15) is 15.9 Å². The molecule has 0 radical (unpaired) electrons. The van der Waals surface area contributed by atoms with Crippen molar-refractivity contribution >= 4 is 22.6 Å². The van der Waals surface area contributed by atoms with Crippen molar-refractivity contribution in [1.82, 2.24) is 9.55 Å². The van der Waals surface area contributed by atoms with Crippen molar-refractivity contribution in [2.24, 2.45) is 0 Å². The zero-order valence-electron chi connectivity index (χ0n) is 13.9. The minimum absolute atomic E-state index is 0.179. The number of para-hydroxylation sites is 2. The Morgan fingerprint density at radius 3 is 2.62 bits per heavy atom. The molecule has 124 valence electrons. The first-order valence-corrected chi connectivity index (χ1v) is 8.15. The molecule has 0 atom stereocenters.